The van der Waals surface area contributed by atoms with Gasteiger partial charge in [-0.15, -0.1) is 6.58 Å². The predicted octanol–water partition coefficient (Wildman–Crippen LogP) is 8.04. The monoisotopic (exact) mass is 690 g/mol. The molecule has 2 heterocycles. The van der Waals surface area contributed by atoms with Crippen LogP contribution in [0.2, 0.25) is 0 Å². The van der Waals surface area contributed by atoms with Crippen molar-refractivity contribution in [3.05, 3.63) is 155 Å². The van der Waals surface area contributed by atoms with E-state index in [0.29, 0.717) is 19.8 Å². The van der Waals surface area contributed by atoms with Crippen LogP contribution < -0.4 is 0 Å². The van der Waals surface area contributed by atoms with Crippen molar-refractivity contribution in [2.75, 3.05) is 26.9 Å². The normalized spacial score (nSPS) is 23.9. The fourth-order valence-corrected chi connectivity index (χ4v) is 7.20. The number of methoxy groups -OCH3 is 1. The first-order valence-corrected chi connectivity index (χ1v) is 18.0. The first-order chi connectivity index (χ1) is 24.9. The third-order valence-corrected chi connectivity index (χ3v) is 10.2. The van der Waals surface area contributed by atoms with Crippen LogP contribution >= 0.6 is 0 Å². The number of benzene rings is 4. The lowest BCUT2D eigenvalue weighted by molar-refractivity contribution is -0.330. The first-order valence-electron chi connectivity index (χ1n) is 18.0. The van der Waals surface area contributed by atoms with Crippen molar-refractivity contribution >= 4 is 5.97 Å². The van der Waals surface area contributed by atoms with Gasteiger partial charge in [0.05, 0.1) is 39.6 Å². The predicted molar refractivity (Wildman–Crippen MR) is 197 cm³/mol. The summed E-state index contributed by atoms with van der Waals surface area (Å²) in [5.74, 6) is -2.34. The standard InChI is InChI=1S/C44H50O7/c1-5-25-47-26-13-12-14-34-20-22-35(23-21-34)27-38-28-39(24-19-32(38)2)44-41(49-30-37-17-10-7-11-18-37)40(48-29-36-15-8-6-9-16-36)33(3)43(51-44,31-50-44)42(45)46-4/h5-11,15-24,28,33,40-41H,1,12-14,25-27,29-31H2,2-4H3/t33-,40-,41+,43-,44-/m0/s1. The van der Waals surface area contributed by atoms with Gasteiger partial charge in [0, 0.05) is 18.1 Å². The Bertz CT molecular complexity index is 1720. The minimum Gasteiger partial charge on any atom is -0.467 e. The fourth-order valence-electron chi connectivity index (χ4n) is 7.20. The van der Waals surface area contributed by atoms with Crippen molar-refractivity contribution in [2.24, 2.45) is 5.92 Å². The smallest absolute Gasteiger partial charge is 0.341 e. The molecule has 0 aliphatic carbocycles. The Morgan fingerprint density at radius 3 is 2.20 bits per heavy atom. The highest BCUT2D eigenvalue weighted by molar-refractivity contribution is 5.81. The summed E-state index contributed by atoms with van der Waals surface area (Å²) in [6, 6.07) is 35.2. The van der Waals surface area contributed by atoms with Gasteiger partial charge in [-0.2, -0.15) is 0 Å². The highest BCUT2D eigenvalue weighted by Crippen LogP contribution is 2.54. The molecule has 0 N–H and O–H groups in total. The molecule has 0 amide bonds. The highest BCUT2D eigenvalue weighted by Gasteiger charge is 2.71. The van der Waals surface area contributed by atoms with Crippen molar-refractivity contribution in [1.82, 2.24) is 0 Å². The van der Waals surface area contributed by atoms with Crippen LogP contribution in [-0.4, -0.2) is 50.7 Å². The zero-order valence-corrected chi connectivity index (χ0v) is 30.1. The van der Waals surface area contributed by atoms with Gasteiger partial charge in [-0.25, -0.2) is 4.79 Å². The number of ether oxygens (including phenoxy) is 6. The van der Waals surface area contributed by atoms with Gasteiger partial charge < -0.3 is 28.4 Å². The molecule has 2 aliphatic rings. The lowest BCUT2D eigenvalue weighted by atomic mass is 9.77. The molecule has 4 aromatic carbocycles. The largest absolute Gasteiger partial charge is 0.467 e. The van der Waals surface area contributed by atoms with Crippen LogP contribution in [0.15, 0.2) is 116 Å². The van der Waals surface area contributed by atoms with E-state index >= 15 is 0 Å². The quantitative estimate of drug-likeness (QED) is 0.0631. The van der Waals surface area contributed by atoms with Gasteiger partial charge in [-0.3, -0.25) is 0 Å². The maximum Gasteiger partial charge on any atom is 0.341 e. The van der Waals surface area contributed by atoms with Crippen LogP contribution in [0.5, 0.6) is 0 Å². The molecule has 7 heteroatoms. The number of hydrogen-bond donors (Lipinski definition) is 0. The SMILES string of the molecule is C=CCOCCCCc1ccc(Cc2cc([C@]34OC[C@](C(=O)OC)(O3)[C@@H](C)[C@H](OCc3ccccc3)[C@H]4OCc3ccccc3)ccc2C)cc1. The molecule has 4 aromatic rings. The van der Waals surface area contributed by atoms with E-state index < -0.39 is 35.5 Å². The van der Waals surface area contributed by atoms with Crippen molar-refractivity contribution < 1.29 is 33.2 Å². The maximum absolute atomic E-state index is 13.6. The molecular formula is C44H50O7. The van der Waals surface area contributed by atoms with Crippen LogP contribution in [0.4, 0.5) is 0 Å². The molecule has 5 atom stereocenters. The van der Waals surface area contributed by atoms with Crippen LogP contribution in [0, 0.1) is 12.8 Å². The van der Waals surface area contributed by atoms with Gasteiger partial charge in [0.1, 0.15) is 6.10 Å². The van der Waals surface area contributed by atoms with Crippen LogP contribution in [0.3, 0.4) is 0 Å². The molecule has 2 saturated heterocycles. The molecule has 2 aliphatic heterocycles. The Morgan fingerprint density at radius 2 is 1.53 bits per heavy atom. The van der Waals surface area contributed by atoms with Crippen molar-refractivity contribution in [2.45, 2.75) is 76.3 Å². The molecule has 2 bridgehead atoms. The second-order valence-corrected chi connectivity index (χ2v) is 13.7. The van der Waals surface area contributed by atoms with Crippen LogP contribution in [-0.2, 0) is 65.1 Å². The molecular weight excluding hydrogens is 640 g/mol. The summed E-state index contributed by atoms with van der Waals surface area (Å²) in [5, 5.41) is 0. The molecule has 51 heavy (non-hydrogen) atoms. The minimum absolute atomic E-state index is 0.0162. The number of unbranched alkanes of at least 4 members (excludes halogenated alkanes) is 1. The van der Waals surface area contributed by atoms with Crippen molar-refractivity contribution in [3.8, 4) is 0 Å². The molecule has 0 aromatic heterocycles. The van der Waals surface area contributed by atoms with Gasteiger partial charge in [0.25, 0.3) is 0 Å². The first kappa shape index (κ1) is 36.7. The number of rotatable bonds is 17. The van der Waals surface area contributed by atoms with E-state index in [4.69, 9.17) is 28.4 Å². The summed E-state index contributed by atoms with van der Waals surface area (Å²) in [5.41, 5.74) is 6.26. The van der Waals surface area contributed by atoms with E-state index in [2.05, 4.69) is 49.9 Å². The highest BCUT2D eigenvalue weighted by atomic mass is 16.8. The zero-order chi connectivity index (χ0) is 35.7. The van der Waals surface area contributed by atoms with Crippen LogP contribution in [0.25, 0.3) is 0 Å². The van der Waals surface area contributed by atoms with Gasteiger partial charge >= 0.3 is 5.97 Å². The fraction of sp³-hybridized carbons (Fsp3) is 0.386. The van der Waals surface area contributed by atoms with E-state index in [1.807, 2.05) is 73.7 Å². The number of hydrogen-bond acceptors (Lipinski definition) is 7. The van der Waals surface area contributed by atoms with E-state index in [9.17, 15) is 4.79 Å². The second-order valence-electron chi connectivity index (χ2n) is 13.7. The van der Waals surface area contributed by atoms with E-state index in [0.717, 1.165) is 60.1 Å². The average Bonchev–Trinajstić information content (AvgIpc) is 3.55. The van der Waals surface area contributed by atoms with E-state index in [1.54, 1.807) is 6.08 Å². The molecule has 7 nitrogen and oxygen atoms in total. The molecule has 0 radical (unpaired) electrons. The lowest BCUT2D eigenvalue weighted by Crippen LogP contribution is -2.64. The number of carbonyl (C=O) groups excluding carboxylic acids is 1. The van der Waals surface area contributed by atoms with Crippen molar-refractivity contribution in [1.29, 1.82) is 0 Å². The topological polar surface area (TPSA) is 72.5 Å². The van der Waals surface area contributed by atoms with Crippen molar-refractivity contribution in [3.63, 3.8) is 0 Å². The number of esters is 1. The Labute approximate surface area is 302 Å². The maximum atomic E-state index is 13.6. The summed E-state index contributed by atoms with van der Waals surface area (Å²) in [7, 11) is 1.39. The summed E-state index contributed by atoms with van der Waals surface area (Å²) in [6.07, 6.45) is 4.37. The Balaban J connectivity index is 1.30. The summed E-state index contributed by atoms with van der Waals surface area (Å²) < 4.78 is 38.1. The lowest BCUT2D eigenvalue weighted by Gasteiger charge is -2.49. The van der Waals surface area contributed by atoms with E-state index in [1.165, 1.54) is 18.2 Å². The Hall–Kier alpha value is -4.11. The number of carbonyl (C=O) groups is 1. The molecule has 0 saturated carbocycles. The minimum atomic E-state index is -1.42. The molecule has 6 rings (SSSR count). The average molecular weight is 691 g/mol. The molecule has 268 valence electrons. The molecule has 2 fully saturated rings. The van der Waals surface area contributed by atoms with Gasteiger partial charge in [-0.1, -0.05) is 110 Å². The third kappa shape index (κ3) is 8.19. The van der Waals surface area contributed by atoms with E-state index in [-0.39, 0.29) is 6.61 Å². The van der Waals surface area contributed by atoms with Gasteiger partial charge in [0.15, 0.2) is 5.60 Å². The van der Waals surface area contributed by atoms with Gasteiger partial charge in [0.2, 0.25) is 5.79 Å². The summed E-state index contributed by atoms with van der Waals surface area (Å²) in [4.78, 5) is 13.6. The second kappa shape index (κ2) is 16.9. The Morgan fingerprint density at radius 1 is 0.863 bits per heavy atom. The molecule has 0 unspecified atom stereocenters. The number of aryl methyl sites for hydroxylation is 2. The zero-order valence-electron chi connectivity index (χ0n) is 30.1. The molecule has 0 spiro atoms. The van der Waals surface area contributed by atoms with Crippen LogP contribution in [0.1, 0.15) is 58.7 Å². The number of fused-ring (bicyclic) bond motifs is 2. The Kier molecular flexibility index (Phi) is 12.2. The summed E-state index contributed by atoms with van der Waals surface area (Å²) >= 11 is 0. The summed E-state index contributed by atoms with van der Waals surface area (Å²) in [6.45, 7) is 9.81. The van der Waals surface area contributed by atoms with Gasteiger partial charge in [-0.05, 0) is 72.1 Å². The third-order valence-electron chi connectivity index (χ3n) is 10.2.